The Morgan fingerprint density at radius 1 is 1.09 bits per heavy atom. The van der Waals surface area contributed by atoms with Crippen molar-refractivity contribution in [3.8, 4) is 0 Å². The first-order chi connectivity index (χ1) is 22.5. The number of amidine groups is 1. The maximum atomic E-state index is 13.9. The van der Waals surface area contributed by atoms with Gasteiger partial charge >= 0.3 is 5.97 Å². The number of alkyl halides is 2. The number of nitrogens with zero attached hydrogens (tertiary/aromatic N) is 2. The van der Waals surface area contributed by atoms with Gasteiger partial charge in [-0.05, 0) is 54.0 Å². The van der Waals surface area contributed by atoms with E-state index in [4.69, 9.17) is 35.1 Å². The highest BCUT2D eigenvalue weighted by Crippen LogP contribution is 2.40. The molecule has 6 unspecified atom stereocenters. The van der Waals surface area contributed by atoms with Gasteiger partial charge in [-0.3, -0.25) is 9.79 Å². The van der Waals surface area contributed by atoms with Crippen molar-refractivity contribution < 1.29 is 47.8 Å². The van der Waals surface area contributed by atoms with E-state index in [2.05, 4.69) is 28.8 Å². The zero-order chi connectivity index (χ0) is 33.6. The highest BCUT2D eigenvalue weighted by molar-refractivity contribution is 5.96. The van der Waals surface area contributed by atoms with Gasteiger partial charge in [-0.25, -0.2) is 13.8 Å². The molecule has 5 N–H and O–H groups in total. The number of halogens is 2. The lowest BCUT2D eigenvalue weighted by Crippen LogP contribution is -2.61. The summed E-state index contributed by atoms with van der Waals surface area (Å²) in [6.45, 7) is 3.02. The van der Waals surface area contributed by atoms with Crippen LogP contribution in [0.5, 0.6) is 0 Å². The molecule has 1 aromatic carbocycles. The fraction of sp³-hybridized carbons (Fsp3) is 0.559. The molecule has 4 aliphatic rings. The Balaban J connectivity index is 1.01. The Kier molecular flexibility index (Phi) is 11.6. The molecule has 3 heterocycles. The lowest BCUT2D eigenvalue weighted by Gasteiger charge is -2.41. The van der Waals surface area contributed by atoms with Crippen molar-refractivity contribution in [3.05, 3.63) is 64.5 Å². The Labute approximate surface area is 272 Å². The molecule has 13 heteroatoms. The van der Waals surface area contributed by atoms with E-state index < -0.39 is 36.8 Å². The zero-order valence-corrected chi connectivity index (χ0v) is 26.4. The Morgan fingerprint density at radius 3 is 2.57 bits per heavy atom. The number of aryl methyl sites for hydroxylation is 1. The minimum Gasteiger partial charge on any atom is -0.496 e. The van der Waals surface area contributed by atoms with Gasteiger partial charge in [0.15, 0.2) is 12.4 Å². The van der Waals surface area contributed by atoms with Crippen LogP contribution in [0.15, 0.2) is 63.3 Å². The summed E-state index contributed by atoms with van der Waals surface area (Å²) in [4.78, 5) is 20.3. The molecule has 0 bridgehead atoms. The van der Waals surface area contributed by atoms with Crippen molar-refractivity contribution in [1.82, 2.24) is 0 Å². The fourth-order valence-electron chi connectivity index (χ4n) is 6.10. The van der Waals surface area contributed by atoms with E-state index in [1.165, 1.54) is 5.57 Å². The molecule has 47 heavy (non-hydrogen) atoms. The Hall–Kier alpha value is -3.49. The minimum absolute atomic E-state index is 0.00916. The summed E-state index contributed by atoms with van der Waals surface area (Å²) < 4.78 is 48.9. The summed E-state index contributed by atoms with van der Waals surface area (Å²) in [6.07, 6.45) is 5.75. The number of ether oxygens (including phenoxy) is 4. The van der Waals surface area contributed by atoms with Crippen LogP contribution in [0.2, 0.25) is 0 Å². The second-order valence-electron chi connectivity index (χ2n) is 12.3. The van der Waals surface area contributed by atoms with Gasteiger partial charge in [-0.1, -0.05) is 36.8 Å². The molecule has 256 valence electrons. The molecule has 5 rings (SSSR count). The largest absolute Gasteiger partial charge is 0.496 e. The number of carbonyl (C=O) groups is 1. The first-order valence-electron chi connectivity index (χ1n) is 16.0. The van der Waals surface area contributed by atoms with Gasteiger partial charge in [-0.2, -0.15) is 0 Å². The molecule has 3 aliphatic heterocycles. The summed E-state index contributed by atoms with van der Waals surface area (Å²) in [5.74, 6) is -2.47. The van der Waals surface area contributed by atoms with Crippen molar-refractivity contribution in [2.75, 3.05) is 33.0 Å². The van der Waals surface area contributed by atoms with Gasteiger partial charge < -0.3 is 40.0 Å². The van der Waals surface area contributed by atoms with E-state index in [0.29, 0.717) is 31.4 Å². The third-order valence-corrected chi connectivity index (χ3v) is 8.87. The monoisotopic (exact) mass is 659 g/mol. The molecule has 6 atom stereocenters. The number of hydrogen-bond donors (Lipinski definition) is 4. The molecule has 1 aromatic rings. The number of carboxylic acid groups (broad SMARTS) is 1. The number of carboxylic acids is 1. The normalized spacial score (nSPS) is 26.7. The van der Waals surface area contributed by atoms with Crippen molar-refractivity contribution in [3.63, 3.8) is 0 Å². The lowest BCUT2D eigenvalue weighted by atomic mass is 9.82. The molecule has 1 fully saturated rings. The van der Waals surface area contributed by atoms with Gasteiger partial charge in [0, 0.05) is 31.4 Å². The van der Waals surface area contributed by atoms with Crippen molar-refractivity contribution >= 4 is 23.7 Å². The smallest absolute Gasteiger partial charge is 0.303 e. The van der Waals surface area contributed by atoms with Gasteiger partial charge in [0.25, 0.3) is 5.92 Å². The molecule has 1 saturated heterocycles. The van der Waals surface area contributed by atoms with Crippen LogP contribution in [-0.2, 0) is 30.2 Å². The van der Waals surface area contributed by atoms with Gasteiger partial charge in [0.1, 0.15) is 24.6 Å². The average Bonchev–Trinajstić information content (AvgIpc) is 3.04. The van der Waals surface area contributed by atoms with Crippen molar-refractivity contribution in [2.45, 2.75) is 81.8 Å². The van der Waals surface area contributed by atoms with Crippen LogP contribution in [-0.4, -0.2) is 96.8 Å². The summed E-state index contributed by atoms with van der Waals surface area (Å²) >= 11 is 0. The highest BCUT2D eigenvalue weighted by atomic mass is 19.3. The van der Waals surface area contributed by atoms with E-state index in [1.54, 1.807) is 0 Å². The predicted molar refractivity (Wildman–Crippen MR) is 170 cm³/mol. The number of benzene rings is 1. The number of hydrogen-bond acceptors (Lipinski definition) is 10. The molecule has 11 nitrogen and oxygen atoms in total. The third-order valence-electron chi connectivity index (χ3n) is 8.87. The molecule has 0 spiro atoms. The number of dihydropyridines is 1. The van der Waals surface area contributed by atoms with Crippen molar-refractivity contribution in [1.29, 1.82) is 0 Å². The average molecular weight is 660 g/mol. The molecule has 0 saturated carbocycles. The summed E-state index contributed by atoms with van der Waals surface area (Å²) in [6, 6.07) is 5.67. The Morgan fingerprint density at radius 2 is 1.85 bits per heavy atom. The first-order valence-corrected chi connectivity index (χ1v) is 16.0. The van der Waals surface area contributed by atoms with Crippen LogP contribution in [0, 0.1) is 5.92 Å². The van der Waals surface area contributed by atoms with Crippen LogP contribution in [0.3, 0.4) is 0 Å². The zero-order valence-electron chi connectivity index (χ0n) is 26.4. The Bertz CT molecular complexity index is 1440. The molecule has 1 aliphatic carbocycles. The fourth-order valence-corrected chi connectivity index (χ4v) is 6.10. The van der Waals surface area contributed by atoms with E-state index >= 15 is 0 Å². The second-order valence-corrected chi connectivity index (χ2v) is 12.3. The van der Waals surface area contributed by atoms with Gasteiger partial charge in [0.2, 0.25) is 0 Å². The predicted octanol–water partition coefficient (Wildman–Crippen LogP) is 3.95. The van der Waals surface area contributed by atoms with Crippen LogP contribution in [0.25, 0.3) is 0 Å². The van der Waals surface area contributed by atoms with E-state index in [1.807, 2.05) is 30.5 Å². The quantitative estimate of drug-likeness (QED) is 0.181. The summed E-state index contributed by atoms with van der Waals surface area (Å²) in [7, 11) is 0. The molecule has 0 amide bonds. The van der Waals surface area contributed by atoms with Crippen LogP contribution >= 0.6 is 0 Å². The number of nitrogens with two attached hydrogens (primary N) is 1. The number of aliphatic imine (C=N–C) groups is 2. The summed E-state index contributed by atoms with van der Waals surface area (Å²) in [5, 5.41) is 27.4. The van der Waals surface area contributed by atoms with E-state index in [-0.39, 0.29) is 38.2 Å². The molecule has 0 aromatic heterocycles. The SMILES string of the molecule is CC1CC(OCCOCCOCCC(F)(F)C2OC(O)C2O)=CC=C1CCC1=CC2c3ccc(CCC(=O)O)cc3N=C(N)C2N=C1. The molecular weight excluding hydrogens is 616 g/mol. The van der Waals surface area contributed by atoms with Gasteiger partial charge in [0.05, 0.1) is 37.9 Å². The lowest BCUT2D eigenvalue weighted by molar-refractivity contribution is -0.355. The number of aliphatic hydroxyl groups is 2. The third kappa shape index (κ3) is 8.90. The van der Waals surface area contributed by atoms with E-state index in [0.717, 1.165) is 47.4 Å². The molecular formula is C34H43F2N3O8. The maximum Gasteiger partial charge on any atom is 0.303 e. The van der Waals surface area contributed by atoms with Crippen molar-refractivity contribution in [2.24, 2.45) is 21.6 Å². The minimum atomic E-state index is -3.29. The standard InChI is InChI=1S/C34H43F2N3O8/c1-20-16-24(46-15-14-45-13-12-44-11-10-34(35,36)31-30(42)33(43)47-31)7-6-23(20)5-2-22-17-26-25-8-3-21(4-9-28(40)41)18-27(25)39-32(37)29(26)38-19-22/h3,6-8,17-20,26,29-31,33,42-43H,2,4-5,9-16H2,1H3,(H2,37,39)(H,40,41). The number of rotatable bonds is 17. The highest BCUT2D eigenvalue weighted by Gasteiger charge is 2.55. The second kappa shape index (κ2) is 15.6. The van der Waals surface area contributed by atoms with Crippen LogP contribution in [0.1, 0.15) is 56.1 Å². The number of aliphatic carboxylic acids is 1. The van der Waals surface area contributed by atoms with Crippen LogP contribution < -0.4 is 5.73 Å². The number of allylic oxidation sites excluding steroid dienone is 5. The first kappa shape index (κ1) is 34.8. The number of aliphatic hydroxyl groups excluding tert-OH is 2. The van der Waals surface area contributed by atoms with Crippen LogP contribution in [0.4, 0.5) is 14.5 Å². The maximum absolute atomic E-state index is 13.9. The number of fused-ring (bicyclic) bond motifs is 3. The molecule has 0 radical (unpaired) electrons. The summed E-state index contributed by atoms with van der Waals surface area (Å²) in [5.41, 5.74) is 11.5. The van der Waals surface area contributed by atoms with E-state index in [9.17, 15) is 18.7 Å². The topological polar surface area (TPSA) is 165 Å². The van der Waals surface area contributed by atoms with Gasteiger partial charge in [-0.15, -0.1) is 0 Å².